The Balaban J connectivity index is 1.36. The second-order valence-electron chi connectivity index (χ2n) is 8.29. The van der Waals surface area contributed by atoms with Crippen LogP contribution in [0.25, 0.3) is 17.2 Å². The minimum Gasteiger partial charge on any atom is -0.323 e. The van der Waals surface area contributed by atoms with Gasteiger partial charge in [0.05, 0.1) is 4.92 Å². The second kappa shape index (κ2) is 10.7. The van der Waals surface area contributed by atoms with Crippen LogP contribution in [-0.4, -0.2) is 28.8 Å². The van der Waals surface area contributed by atoms with Crippen LogP contribution in [0.3, 0.4) is 0 Å². The van der Waals surface area contributed by atoms with Gasteiger partial charge in [-0.3, -0.25) is 19.8 Å². The molecule has 1 N–H and O–H groups in total. The van der Waals surface area contributed by atoms with Gasteiger partial charge in [-0.1, -0.05) is 48.9 Å². The summed E-state index contributed by atoms with van der Waals surface area (Å²) in [7, 11) is 0. The van der Waals surface area contributed by atoms with Crippen LogP contribution < -0.4 is 5.32 Å². The van der Waals surface area contributed by atoms with Gasteiger partial charge in [0.25, 0.3) is 5.69 Å². The summed E-state index contributed by atoms with van der Waals surface area (Å²) in [5.74, 6) is -0.209. The highest BCUT2D eigenvalue weighted by atomic mass is 16.6. The van der Waals surface area contributed by atoms with Crippen molar-refractivity contribution in [3.8, 4) is 11.1 Å². The molecule has 3 aromatic carbocycles. The summed E-state index contributed by atoms with van der Waals surface area (Å²) in [6, 6.07) is 22.1. The molecule has 1 aliphatic heterocycles. The van der Waals surface area contributed by atoms with E-state index in [-0.39, 0.29) is 11.6 Å². The number of likely N-dealkylation sites (tertiary alicyclic amines) is 1. The first kappa shape index (κ1) is 22.4. The predicted octanol–water partition coefficient (Wildman–Crippen LogP) is 5.90. The van der Waals surface area contributed by atoms with E-state index in [9.17, 15) is 14.9 Å². The van der Waals surface area contributed by atoms with Gasteiger partial charge in [0.2, 0.25) is 5.91 Å². The third-order valence-electron chi connectivity index (χ3n) is 5.78. The minimum absolute atomic E-state index is 0.0507. The molecule has 6 heteroatoms. The average Bonchev–Trinajstić information content (AvgIpc) is 2.85. The number of hydrogen-bond acceptors (Lipinski definition) is 4. The molecule has 6 nitrogen and oxygen atoms in total. The molecule has 0 aliphatic carbocycles. The number of non-ortho nitro benzene ring substituents is 1. The van der Waals surface area contributed by atoms with Crippen molar-refractivity contribution >= 4 is 23.4 Å². The summed E-state index contributed by atoms with van der Waals surface area (Å²) < 4.78 is 0. The first-order valence-electron chi connectivity index (χ1n) is 11.2. The van der Waals surface area contributed by atoms with E-state index in [4.69, 9.17) is 0 Å². The van der Waals surface area contributed by atoms with Crippen molar-refractivity contribution in [1.82, 2.24) is 4.90 Å². The number of hydrogen-bond donors (Lipinski definition) is 1. The summed E-state index contributed by atoms with van der Waals surface area (Å²) in [6.07, 6.45) is 7.10. The normalized spacial score (nSPS) is 14.3. The first-order valence-corrected chi connectivity index (χ1v) is 11.2. The molecular weight excluding hydrogens is 414 g/mol. The SMILES string of the molecule is O=C(/C=C/c1cccc(-c2cccc([N+](=O)[O-])c2)c1)Nc1ccc(CN2CCCCC2)cc1. The van der Waals surface area contributed by atoms with Gasteiger partial charge in [-0.2, -0.15) is 0 Å². The van der Waals surface area contributed by atoms with Gasteiger partial charge in [0.1, 0.15) is 0 Å². The van der Waals surface area contributed by atoms with Gasteiger partial charge in [-0.15, -0.1) is 0 Å². The fraction of sp³-hybridized carbons (Fsp3) is 0.222. The van der Waals surface area contributed by atoms with Crippen LogP contribution in [0, 0.1) is 10.1 Å². The van der Waals surface area contributed by atoms with Crippen LogP contribution in [0.4, 0.5) is 11.4 Å². The number of benzene rings is 3. The van der Waals surface area contributed by atoms with Crippen LogP contribution in [0.15, 0.2) is 78.9 Å². The van der Waals surface area contributed by atoms with E-state index in [2.05, 4.69) is 22.3 Å². The molecule has 168 valence electrons. The van der Waals surface area contributed by atoms with Crippen molar-refractivity contribution < 1.29 is 9.72 Å². The maximum absolute atomic E-state index is 12.4. The van der Waals surface area contributed by atoms with Gasteiger partial charge >= 0.3 is 0 Å². The molecule has 0 bridgehead atoms. The zero-order valence-electron chi connectivity index (χ0n) is 18.4. The van der Waals surface area contributed by atoms with E-state index in [0.29, 0.717) is 0 Å². The Labute approximate surface area is 193 Å². The number of nitrogens with zero attached hydrogens (tertiary/aromatic N) is 2. The second-order valence-corrected chi connectivity index (χ2v) is 8.29. The summed E-state index contributed by atoms with van der Waals surface area (Å²) in [5, 5.41) is 13.9. The van der Waals surface area contributed by atoms with Crippen LogP contribution in [0.1, 0.15) is 30.4 Å². The molecule has 0 radical (unpaired) electrons. The van der Waals surface area contributed by atoms with Crippen LogP contribution in [0.5, 0.6) is 0 Å². The lowest BCUT2D eigenvalue weighted by Gasteiger charge is -2.26. The Hall–Kier alpha value is -3.77. The highest BCUT2D eigenvalue weighted by Gasteiger charge is 2.10. The molecule has 1 aliphatic rings. The molecule has 33 heavy (non-hydrogen) atoms. The number of anilines is 1. The molecule has 0 aromatic heterocycles. The molecule has 0 saturated carbocycles. The van der Waals surface area contributed by atoms with E-state index in [1.54, 1.807) is 18.2 Å². The number of carbonyl (C=O) groups is 1. The topological polar surface area (TPSA) is 75.5 Å². The molecular formula is C27H27N3O3. The number of amides is 1. The largest absolute Gasteiger partial charge is 0.323 e. The number of carbonyl (C=O) groups excluding carboxylic acids is 1. The van der Waals surface area contributed by atoms with Crippen molar-refractivity contribution in [2.75, 3.05) is 18.4 Å². The van der Waals surface area contributed by atoms with Crippen molar-refractivity contribution in [3.05, 3.63) is 100 Å². The lowest BCUT2D eigenvalue weighted by Crippen LogP contribution is -2.29. The Kier molecular flexibility index (Phi) is 7.27. The Morgan fingerprint density at radius 3 is 2.36 bits per heavy atom. The average molecular weight is 442 g/mol. The van der Waals surface area contributed by atoms with Crippen molar-refractivity contribution in [2.24, 2.45) is 0 Å². The number of nitro benzene ring substituents is 1. The quantitative estimate of drug-likeness (QED) is 0.281. The highest BCUT2D eigenvalue weighted by molar-refractivity contribution is 6.02. The van der Waals surface area contributed by atoms with E-state index in [1.807, 2.05) is 42.5 Å². The molecule has 1 heterocycles. The smallest absolute Gasteiger partial charge is 0.270 e. The molecule has 4 rings (SSSR count). The van der Waals surface area contributed by atoms with E-state index in [1.165, 1.54) is 37.0 Å². The Bertz CT molecular complexity index is 1150. The zero-order valence-corrected chi connectivity index (χ0v) is 18.4. The predicted molar refractivity (Wildman–Crippen MR) is 132 cm³/mol. The summed E-state index contributed by atoms with van der Waals surface area (Å²) in [6.45, 7) is 3.27. The van der Waals surface area contributed by atoms with Gasteiger partial charge in [-0.05, 0) is 72.5 Å². The van der Waals surface area contributed by atoms with E-state index in [0.717, 1.165) is 42.0 Å². The summed E-state index contributed by atoms with van der Waals surface area (Å²) >= 11 is 0. The maximum Gasteiger partial charge on any atom is 0.270 e. The molecule has 3 aromatic rings. The molecule has 0 spiro atoms. The van der Waals surface area contributed by atoms with Crippen molar-refractivity contribution in [3.63, 3.8) is 0 Å². The fourth-order valence-electron chi connectivity index (χ4n) is 4.05. The molecule has 1 saturated heterocycles. The van der Waals surface area contributed by atoms with Crippen LogP contribution >= 0.6 is 0 Å². The lowest BCUT2D eigenvalue weighted by atomic mass is 10.0. The van der Waals surface area contributed by atoms with Gasteiger partial charge in [0.15, 0.2) is 0 Å². The molecule has 1 amide bonds. The molecule has 1 fully saturated rings. The van der Waals surface area contributed by atoms with Crippen molar-refractivity contribution in [2.45, 2.75) is 25.8 Å². The number of nitro groups is 1. The Morgan fingerprint density at radius 2 is 1.64 bits per heavy atom. The maximum atomic E-state index is 12.4. The standard InChI is InChI=1S/C27H27N3O3/c31-27(28-25-13-10-22(11-14-25)20-29-16-2-1-3-17-29)15-12-21-6-4-7-23(18-21)24-8-5-9-26(19-24)30(32)33/h4-15,18-19H,1-3,16-17,20H2,(H,28,31)/b15-12+. The number of piperidine rings is 1. The zero-order chi connectivity index (χ0) is 23.0. The summed E-state index contributed by atoms with van der Waals surface area (Å²) in [4.78, 5) is 25.5. The van der Waals surface area contributed by atoms with Gasteiger partial charge in [-0.25, -0.2) is 0 Å². The van der Waals surface area contributed by atoms with Crippen LogP contribution in [0.2, 0.25) is 0 Å². The van der Waals surface area contributed by atoms with E-state index < -0.39 is 4.92 Å². The van der Waals surface area contributed by atoms with E-state index >= 15 is 0 Å². The number of nitrogens with one attached hydrogen (secondary N) is 1. The molecule has 0 unspecified atom stereocenters. The third-order valence-corrected chi connectivity index (χ3v) is 5.78. The van der Waals surface area contributed by atoms with Crippen molar-refractivity contribution in [1.29, 1.82) is 0 Å². The summed E-state index contributed by atoms with van der Waals surface area (Å²) in [5.41, 5.74) is 4.51. The third kappa shape index (κ3) is 6.37. The number of rotatable bonds is 7. The highest BCUT2D eigenvalue weighted by Crippen LogP contribution is 2.25. The monoisotopic (exact) mass is 441 g/mol. The van der Waals surface area contributed by atoms with Gasteiger partial charge in [0, 0.05) is 30.4 Å². The van der Waals surface area contributed by atoms with Gasteiger partial charge < -0.3 is 5.32 Å². The molecule has 0 atom stereocenters. The fourth-order valence-corrected chi connectivity index (χ4v) is 4.05. The Morgan fingerprint density at radius 1 is 0.939 bits per heavy atom. The lowest BCUT2D eigenvalue weighted by molar-refractivity contribution is -0.384. The van der Waals surface area contributed by atoms with Crippen LogP contribution in [-0.2, 0) is 11.3 Å². The first-order chi connectivity index (χ1) is 16.1. The minimum atomic E-state index is -0.405.